The van der Waals surface area contributed by atoms with Crippen LogP contribution >= 0.6 is 11.3 Å². The zero-order valence-corrected chi connectivity index (χ0v) is 18.6. The van der Waals surface area contributed by atoms with Gasteiger partial charge in [0.25, 0.3) is 10.0 Å². The van der Waals surface area contributed by atoms with Gasteiger partial charge in [0.2, 0.25) is 0 Å². The molecule has 0 saturated heterocycles. The van der Waals surface area contributed by atoms with E-state index in [9.17, 15) is 13.2 Å². The van der Waals surface area contributed by atoms with Gasteiger partial charge in [0.15, 0.2) is 0 Å². The van der Waals surface area contributed by atoms with E-state index in [1.807, 2.05) is 0 Å². The molecule has 2 aromatic rings. The van der Waals surface area contributed by atoms with Crippen LogP contribution in [0.15, 0.2) is 22.4 Å². The van der Waals surface area contributed by atoms with E-state index in [2.05, 4.69) is 41.7 Å². The lowest BCUT2D eigenvalue weighted by molar-refractivity contribution is 0.0595. The average molecular weight is 435 g/mol. The molecule has 0 unspecified atom stereocenters. The van der Waals surface area contributed by atoms with Crippen molar-refractivity contribution in [2.75, 3.05) is 13.7 Å². The van der Waals surface area contributed by atoms with Crippen molar-refractivity contribution in [1.29, 1.82) is 0 Å². The Bertz CT molecular complexity index is 1030. The molecule has 0 bridgehead atoms. The molecular weight excluding hydrogens is 408 g/mol. The molecule has 8 heteroatoms. The number of carbonyl (C=O) groups excluding carboxylic acids is 1. The van der Waals surface area contributed by atoms with Crippen molar-refractivity contribution in [3.63, 3.8) is 0 Å². The van der Waals surface area contributed by atoms with Crippen LogP contribution in [0.5, 0.6) is 0 Å². The number of fused-ring (bicyclic) bond motifs is 1. The number of thiophene rings is 1. The number of ether oxygens (including phenoxy) is 1. The lowest BCUT2D eigenvalue weighted by Gasteiger charge is -2.27. The first-order chi connectivity index (χ1) is 13.8. The molecule has 6 nitrogen and oxygen atoms in total. The van der Waals surface area contributed by atoms with Crippen molar-refractivity contribution in [3.05, 3.63) is 50.9 Å². The first kappa shape index (κ1) is 20.5. The van der Waals surface area contributed by atoms with Crippen LogP contribution in [0, 0.1) is 13.8 Å². The van der Waals surface area contributed by atoms with Gasteiger partial charge in [-0.1, -0.05) is 29.3 Å². The molecule has 1 saturated carbocycles. The number of aryl methyl sites for hydroxylation is 2. The van der Waals surface area contributed by atoms with Gasteiger partial charge < -0.3 is 4.74 Å². The molecule has 156 valence electrons. The molecule has 2 aliphatic rings. The second-order valence-electron chi connectivity index (χ2n) is 8.01. The lowest BCUT2D eigenvalue weighted by Crippen LogP contribution is -2.30. The number of carbonyl (C=O) groups is 1. The highest BCUT2D eigenvalue weighted by Gasteiger charge is 2.36. The monoisotopic (exact) mass is 434 g/mol. The number of hydrogen-bond acceptors (Lipinski definition) is 6. The number of esters is 1. The predicted molar refractivity (Wildman–Crippen MR) is 113 cm³/mol. The molecule has 1 aromatic heterocycles. The van der Waals surface area contributed by atoms with Crippen LogP contribution in [-0.2, 0) is 34.3 Å². The fourth-order valence-electron chi connectivity index (χ4n) is 3.96. The molecule has 4 rings (SSSR count). The summed E-state index contributed by atoms with van der Waals surface area (Å²) in [5, 5.41) is 0. The Labute approximate surface area is 175 Å². The second-order valence-corrected chi connectivity index (χ2v) is 11.0. The summed E-state index contributed by atoms with van der Waals surface area (Å²) in [6.45, 7) is 6.40. The first-order valence-electron chi connectivity index (χ1n) is 9.81. The van der Waals surface area contributed by atoms with Crippen LogP contribution in [-0.4, -0.2) is 39.0 Å². The number of benzene rings is 1. The third-order valence-corrected chi connectivity index (χ3v) is 8.58. The van der Waals surface area contributed by atoms with Crippen molar-refractivity contribution in [2.45, 2.75) is 56.5 Å². The molecule has 29 heavy (non-hydrogen) atoms. The lowest BCUT2D eigenvalue weighted by atomic mass is 10.0. The van der Waals surface area contributed by atoms with Crippen LogP contribution in [0.25, 0.3) is 0 Å². The first-order valence-corrected chi connectivity index (χ1v) is 12.1. The van der Waals surface area contributed by atoms with E-state index in [1.54, 1.807) is 0 Å². The maximum atomic E-state index is 12.9. The van der Waals surface area contributed by atoms with Crippen LogP contribution in [0.4, 0.5) is 0 Å². The molecule has 0 spiro atoms. The quantitative estimate of drug-likeness (QED) is 0.707. The summed E-state index contributed by atoms with van der Waals surface area (Å²) in [5.41, 5.74) is 4.78. The summed E-state index contributed by atoms with van der Waals surface area (Å²) >= 11 is 1.21. The zero-order valence-electron chi connectivity index (χ0n) is 16.9. The van der Waals surface area contributed by atoms with Crippen LogP contribution in [0.1, 0.15) is 50.3 Å². The van der Waals surface area contributed by atoms with E-state index in [0.29, 0.717) is 13.0 Å². The Morgan fingerprint density at radius 2 is 1.93 bits per heavy atom. The van der Waals surface area contributed by atoms with E-state index in [-0.39, 0.29) is 15.8 Å². The van der Waals surface area contributed by atoms with Gasteiger partial charge in [-0.15, -0.1) is 11.3 Å². The van der Waals surface area contributed by atoms with E-state index in [1.165, 1.54) is 35.1 Å². The van der Waals surface area contributed by atoms with Crippen molar-refractivity contribution in [1.82, 2.24) is 9.62 Å². The molecule has 0 atom stereocenters. The smallest absolute Gasteiger partial charge is 0.340 e. The Kier molecular flexibility index (Phi) is 5.54. The standard InChI is InChI=1S/C21H26N2O4S2/c1-13-8-14(2)10-15(9-13)11-23-7-6-17-18(12-23)28-21(19(17)20(24)27-3)29(25,26)22-16-4-5-16/h8-10,16,22H,4-7,11-12H2,1-3H3. The third kappa shape index (κ3) is 4.40. The van der Waals surface area contributed by atoms with E-state index < -0.39 is 16.0 Å². The fraction of sp³-hybridized carbons (Fsp3) is 0.476. The maximum absolute atomic E-state index is 12.9. The molecule has 0 amide bonds. The highest BCUT2D eigenvalue weighted by Crippen LogP contribution is 2.37. The number of rotatable bonds is 6. The van der Waals surface area contributed by atoms with Gasteiger partial charge in [0.05, 0.1) is 12.7 Å². The summed E-state index contributed by atoms with van der Waals surface area (Å²) in [5.74, 6) is -0.568. The summed E-state index contributed by atoms with van der Waals surface area (Å²) in [7, 11) is -2.42. The van der Waals surface area contributed by atoms with Crippen LogP contribution < -0.4 is 4.72 Å². The highest BCUT2D eigenvalue weighted by molar-refractivity contribution is 7.91. The fourth-order valence-corrected chi connectivity index (χ4v) is 7.21. The van der Waals surface area contributed by atoms with Gasteiger partial charge in [0, 0.05) is 30.6 Å². The maximum Gasteiger partial charge on any atom is 0.340 e. The SMILES string of the molecule is COC(=O)c1c(S(=O)(=O)NC2CC2)sc2c1CCN(Cc1cc(C)cc(C)c1)C2. The minimum atomic E-state index is -3.72. The Balaban J connectivity index is 1.63. The molecule has 2 heterocycles. The van der Waals surface area contributed by atoms with Gasteiger partial charge in [-0.3, -0.25) is 4.90 Å². The molecule has 0 radical (unpaired) electrons. The molecule has 1 N–H and O–H groups in total. The zero-order chi connectivity index (χ0) is 20.8. The van der Waals surface area contributed by atoms with E-state index in [0.717, 1.165) is 36.4 Å². The minimum Gasteiger partial charge on any atom is -0.465 e. The molecule has 1 aromatic carbocycles. The number of nitrogens with one attached hydrogen (secondary N) is 1. The number of hydrogen-bond donors (Lipinski definition) is 1. The van der Waals surface area contributed by atoms with Gasteiger partial charge in [0.1, 0.15) is 4.21 Å². The topological polar surface area (TPSA) is 75.7 Å². The minimum absolute atomic E-state index is 0.00863. The number of sulfonamides is 1. The summed E-state index contributed by atoms with van der Waals surface area (Å²) < 4.78 is 33.5. The number of methoxy groups -OCH3 is 1. The van der Waals surface area contributed by atoms with Crippen molar-refractivity contribution in [3.8, 4) is 0 Å². The predicted octanol–water partition coefficient (Wildman–Crippen LogP) is 3.15. The van der Waals surface area contributed by atoms with Gasteiger partial charge in [-0.05, 0) is 44.2 Å². The van der Waals surface area contributed by atoms with Crippen molar-refractivity contribution in [2.24, 2.45) is 0 Å². The molecular formula is C21H26N2O4S2. The highest BCUT2D eigenvalue weighted by atomic mass is 32.2. The Morgan fingerprint density at radius 3 is 2.55 bits per heavy atom. The van der Waals surface area contributed by atoms with Crippen LogP contribution in [0.2, 0.25) is 0 Å². The van der Waals surface area contributed by atoms with Gasteiger partial charge in [-0.25, -0.2) is 17.9 Å². The summed E-state index contributed by atoms with van der Waals surface area (Å²) in [4.78, 5) is 15.7. The van der Waals surface area contributed by atoms with Crippen molar-refractivity contribution < 1.29 is 17.9 Å². The molecule has 1 aliphatic heterocycles. The Hall–Kier alpha value is -1.74. The molecule has 1 fully saturated rings. The average Bonchev–Trinajstić information content (AvgIpc) is 3.35. The van der Waals surface area contributed by atoms with Gasteiger partial charge >= 0.3 is 5.97 Å². The van der Waals surface area contributed by atoms with Gasteiger partial charge in [-0.2, -0.15) is 0 Å². The Morgan fingerprint density at radius 1 is 1.24 bits per heavy atom. The number of nitrogens with zero attached hydrogens (tertiary/aromatic N) is 1. The molecule has 1 aliphatic carbocycles. The van der Waals surface area contributed by atoms with E-state index >= 15 is 0 Å². The second kappa shape index (κ2) is 7.83. The third-order valence-electron chi connectivity index (χ3n) is 5.32. The van der Waals surface area contributed by atoms with Crippen LogP contribution in [0.3, 0.4) is 0 Å². The van der Waals surface area contributed by atoms with Crippen molar-refractivity contribution >= 4 is 27.3 Å². The summed E-state index contributed by atoms with van der Waals surface area (Å²) in [6.07, 6.45) is 2.34. The summed E-state index contributed by atoms with van der Waals surface area (Å²) in [6, 6.07) is 6.52. The normalized spacial score (nSPS) is 17.2. The van der Waals surface area contributed by atoms with E-state index in [4.69, 9.17) is 4.74 Å². The largest absolute Gasteiger partial charge is 0.465 e.